The summed E-state index contributed by atoms with van der Waals surface area (Å²) in [6, 6.07) is 3.36. The first-order chi connectivity index (χ1) is 8.11. The van der Waals surface area contributed by atoms with Gasteiger partial charge in [0.1, 0.15) is 5.56 Å². The Morgan fingerprint density at radius 1 is 1.59 bits per heavy atom. The van der Waals surface area contributed by atoms with Gasteiger partial charge in [0.25, 0.3) is 0 Å². The molecule has 0 amide bonds. The SMILES string of the molecule is COc1nc(C2CCN(C)C2)ccc1C(=O)O. The van der Waals surface area contributed by atoms with Gasteiger partial charge in [0, 0.05) is 18.2 Å². The van der Waals surface area contributed by atoms with E-state index in [1.807, 2.05) is 0 Å². The van der Waals surface area contributed by atoms with Crippen molar-refractivity contribution >= 4 is 5.97 Å². The summed E-state index contributed by atoms with van der Waals surface area (Å²) in [5.74, 6) is -0.439. The number of ether oxygens (including phenoxy) is 1. The Balaban J connectivity index is 2.28. The van der Waals surface area contributed by atoms with E-state index in [2.05, 4.69) is 16.9 Å². The van der Waals surface area contributed by atoms with Crippen molar-refractivity contribution in [2.45, 2.75) is 12.3 Å². The van der Waals surface area contributed by atoms with Crippen LogP contribution in [0.1, 0.15) is 28.4 Å². The Hall–Kier alpha value is -1.62. The van der Waals surface area contributed by atoms with Crippen LogP contribution in [0, 0.1) is 0 Å². The molecule has 1 saturated heterocycles. The number of hydrogen-bond donors (Lipinski definition) is 1. The fourth-order valence-electron chi connectivity index (χ4n) is 2.18. The van der Waals surface area contributed by atoms with Gasteiger partial charge in [-0.15, -0.1) is 0 Å². The molecule has 2 heterocycles. The van der Waals surface area contributed by atoms with Crippen LogP contribution >= 0.6 is 0 Å². The molecule has 17 heavy (non-hydrogen) atoms. The van der Waals surface area contributed by atoms with E-state index in [4.69, 9.17) is 9.84 Å². The molecule has 1 unspecified atom stereocenters. The molecule has 0 aliphatic carbocycles. The third-order valence-corrected chi connectivity index (χ3v) is 3.12. The zero-order chi connectivity index (χ0) is 12.4. The van der Waals surface area contributed by atoms with Crippen LogP contribution < -0.4 is 4.74 Å². The number of aromatic nitrogens is 1. The minimum absolute atomic E-state index is 0.114. The maximum absolute atomic E-state index is 10.9. The highest BCUT2D eigenvalue weighted by atomic mass is 16.5. The lowest BCUT2D eigenvalue weighted by Gasteiger charge is -2.12. The van der Waals surface area contributed by atoms with Crippen LogP contribution in [0.2, 0.25) is 0 Å². The Labute approximate surface area is 100 Å². The number of carboxylic acids is 1. The maximum Gasteiger partial charge on any atom is 0.341 e. The Kier molecular flexibility index (Phi) is 3.28. The van der Waals surface area contributed by atoms with Gasteiger partial charge in [0.15, 0.2) is 0 Å². The van der Waals surface area contributed by atoms with Gasteiger partial charge in [0.2, 0.25) is 5.88 Å². The predicted molar refractivity (Wildman–Crippen MR) is 62.6 cm³/mol. The van der Waals surface area contributed by atoms with Crippen molar-refractivity contribution < 1.29 is 14.6 Å². The Bertz CT molecular complexity index is 434. The summed E-state index contributed by atoms with van der Waals surface area (Å²) in [5.41, 5.74) is 1.03. The van der Waals surface area contributed by atoms with Crippen molar-refractivity contribution in [3.05, 3.63) is 23.4 Å². The second-order valence-electron chi connectivity index (χ2n) is 4.35. The number of rotatable bonds is 3. The Morgan fingerprint density at radius 3 is 2.88 bits per heavy atom. The first-order valence-electron chi connectivity index (χ1n) is 5.58. The molecule has 1 atom stereocenters. The highest BCUT2D eigenvalue weighted by Crippen LogP contribution is 2.27. The van der Waals surface area contributed by atoms with Crippen molar-refractivity contribution in [2.75, 3.05) is 27.2 Å². The van der Waals surface area contributed by atoms with E-state index in [1.54, 1.807) is 12.1 Å². The highest BCUT2D eigenvalue weighted by Gasteiger charge is 2.24. The molecule has 1 fully saturated rings. The minimum Gasteiger partial charge on any atom is -0.480 e. The first kappa shape index (κ1) is 11.9. The van der Waals surface area contributed by atoms with Gasteiger partial charge in [-0.1, -0.05) is 0 Å². The van der Waals surface area contributed by atoms with Crippen molar-refractivity contribution in [3.63, 3.8) is 0 Å². The number of methoxy groups -OCH3 is 1. The van der Waals surface area contributed by atoms with E-state index in [9.17, 15) is 4.79 Å². The molecular formula is C12H16N2O3. The van der Waals surface area contributed by atoms with Crippen molar-refractivity contribution in [2.24, 2.45) is 0 Å². The van der Waals surface area contributed by atoms with E-state index in [0.717, 1.165) is 25.2 Å². The van der Waals surface area contributed by atoms with Crippen LogP contribution in [-0.4, -0.2) is 48.2 Å². The molecule has 2 rings (SSSR count). The zero-order valence-electron chi connectivity index (χ0n) is 10.0. The van der Waals surface area contributed by atoms with Crippen molar-refractivity contribution in [1.82, 2.24) is 9.88 Å². The normalized spacial score (nSPS) is 20.5. The summed E-state index contributed by atoms with van der Waals surface area (Å²) in [6.45, 7) is 2.01. The van der Waals surface area contributed by atoms with E-state index in [1.165, 1.54) is 7.11 Å². The average molecular weight is 236 g/mol. The summed E-state index contributed by atoms with van der Waals surface area (Å²) in [5, 5.41) is 8.97. The van der Waals surface area contributed by atoms with Crippen LogP contribution in [0.4, 0.5) is 0 Å². The van der Waals surface area contributed by atoms with E-state index in [0.29, 0.717) is 5.92 Å². The molecule has 0 spiro atoms. The molecule has 0 bridgehead atoms. The number of hydrogen-bond acceptors (Lipinski definition) is 4. The monoisotopic (exact) mass is 236 g/mol. The second kappa shape index (κ2) is 4.71. The lowest BCUT2D eigenvalue weighted by molar-refractivity contribution is 0.0692. The molecule has 0 saturated carbocycles. The van der Waals surface area contributed by atoms with Crippen LogP contribution in [-0.2, 0) is 0 Å². The number of carboxylic acid groups (broad SMARTS) is 1. The third-order valence-electron chi connectivity index (χ3n) is 3.12. The lowest BCUT2D eigenvalue weighted by atomic mass is 10.0. The van der Waals surface area contributed by atoms with Gasteiger partial charge in [-0.05, 0) is 32.1 Å². The summed E-state index contributed by atoms with van der Waals surface area (Å²) in [4.78, 5) is 17.5. The topological polar surface area (TPSA) is 62.7 Å². The standard InChI is InChI=1S/C12H16N2O3/c1-14-6-5-8(7-14)10-4-3-9(12(15)16)11(13-10)17-2/h3-4,8H,5-7H2,1-2H3,(H,15,16). The van der Waals surface area contributed by atoms with Gasteiger partial charge >= 0.3 is 5.97 Å². The zero-order valence-corrected chi connectivity index (χ0v) is 10.0. The first-order valence-corrected chi connectivity index (χ1v) is 5.58. The predicted octanol–water partition coefficient (Wildman–Crippen LogP) is 1.21. The summed E-state index contributed by atoms with van der Waals surface area (Å²) in [6.07, 6.45) is 1.05. The van der Waals surface area contributed by atoms with Crippen LogP contribution in [0.25, 0.3) is 0 Å². The summed E-state index contributed by atoms with van der Waals surface area (Å²) in [7, 11) is 3.52. The van der Waals surface area contributed by atoms with E-state index >= 15 is 0 Å². The fourth-order valence-corrected chi connectivity index (χ4v) is 2.18. The molecule has 5 heteroatoms. The molecule has 1 aromatic heterocycles. The summed E-state index contributed by atoms with van der Waals surface area (Å²) >= 11 is 0. The smallest absolute Gasteiger partial charge is 0.341 e. The van der Waals surface area contributed by atoms with Gasteiger partial charge in [-0.2, -0.15) is 0 Å². The highest BCUT2D eigenvalue weighted by molar-refractivity contribution is 5.90. The van der Waals surface area contributed by atoms with E-state index in [-0.39, 0.29) is 11.4 Å². The Morgan fingerprint density at radius 2 is 2.35 bits per heavy atom. The number of likely N-dealkylation sites (tertiary alicyclic amines) is 1. The quantitative estimate of drug-likeness (QED) is 0.854. The number of aromatic carboxylic acids is 1. The number of nitrogens with zero attached hydrogens (tertiary/aromatic N) is 2. The summed E-state index contributed by atoms with van der Waals surface area (Å²) < 4.78 is 5.03. The van der Waals surface area contributed by atoms with E-state index < -0.39 is 5.97 Å². The molecule has 1 aliphatic heterocycles. The van der Waals surface area contributed by atoms with Crippen molar-refractivity contribution in [3.8, 4) is 5.88 Å². The van der Waals surface area contributed by atoms with Gasteiger partial charge < -0.3 is 14.7 Å². The van der Waals surface area contributed by atoms with Crippen LogP contribution in [0.3, 0.4) is 0 Å². The molecule has 0 aromatic carbocycles. The molecule has 5 nitrogen and oxygen atoms in total. The lowest BCUT2D eigenvalue weighted by Crippen LogP contribution is -2.14. The molecule has 1 N–H and O–H groups in total. The molecule has 1 aromatic rings. The number of pyridine rings is 1. The molecular weight excluding hydrogens is 220 g/mol. The molecule has 1 aliphatic rings. The largest absolute Gasteiger partial charge is 0.480 e. The third kappa shape index (κ3) is 2.39. The van der Waals surface area contributed by atoms with Gasteiger partial charge in [-0.3, -0.25) is 0 Å². The van der Waals surface area contributed by atoms with Gasteiger partial charge in [0.05, 0.1) is 7.11 Å². The number of carbonyl (C=O) groups is 1. The molecule has 0 radical (unpaired) electrons. The fraction of sp³-hybridized carbons (Fsp3) is 0.500. The van der Waals surface area contributed by atoms with Crippen molar-refractivity contribution in [1.29, 1.82) is 0 Å². The minimum atomic E-state index is -1.01. The average Bonchev–Trinajstić information content (AvgIpc) is 2.75. The van der Waals surface area contributed by atoms with Gasteiger partial charge in [-0.25, -0.2) is 9.78 Å². The second-order valence-corrected chi connectivity index (χ2v) is 4.35. The van der Waals surface area contributed by atoms with Crippen LogP contribution in [0.15, 0.2) is 12.1 Å². The maximum atomic E-state index is 10.9. The van der Waals surface area contributed by atoms with Crippen LogP contribution in [0.5, 0.6) is 5.88 Å². The molecule has 92 valence electrons. The number of likely N-dealkylation sites (N-methyl/N-ethyl adjacent to an activating group) is 1.